The zero-order valence-electron chi connectivity index (χ0n) is 11.5. The number of rotatable bonds is 7. The summed E-state index contributed by atoms with van der Waals surface area (Å²) in [6.45, 7) is 1.98. The third-order valence-electron chi connectivity index (χ3n) is 3.53. The summed E-state index contributed by atoms with van der Waals surface area (Å²) in [5, 5.41) is 10.8. The number of hydrogen-bond donors (Lipinski definition) is 2. The van der Waals surface area contributed by atoms with Crippen molar-refractivity contribution in [2.75, 3.05) is 7.05 Å². The number of nitrogens with one attached hydrogen (secondary N) is 1. The molecule has 0 radical (unpaired) electrons. The number of carbonyl (C=O) groups excluding carboxylic acids is 2. The minimum Gasteiger partial charge on any atom is -0.481 e. The molecule has 1 atom stereocenters. The first-order chi connectivity index (χ1) is 8.91. The van der Waals surface area contributed by atoms with Gasteiger partial charge in [-0.25, -0.2) is 4.79 Å². The van der Waals surface area contributed by atoms with E-state index in [1.165, 1.54) is 0 Å². The molecule has 0 bridgehead atoms. The zero-order valence-corrected chi connectivity index (χ0v) is 11.5. The molecule has 0 spiro atoms. The number of unbranched alkanes of at least 4 members (excludes halogenated alkanes) is 1. The van der Waals surface area contributed by atoms with Crippen LogP contribution >= 0.6 is 0 Å². The Hall–Kier alpha value is -1.59. The van der Waals surface area contributed by atoms with Gasteiger partial charge in [-0.2, -0.15) is 0 Å². The van der Waals surface area contributed by atoms with E-state index in [9.17, 15) is 14.4 Å². The minimum atomic E-state index is -0.866. The molecule has 0 heterocycles. The molecule has 2 N–H and O–H groups in total. The summed E-state index contributed by atoms with van der Waals surface area (Å²) in [6, 6.07) is -0.220. The van der Waals surface area contributed by atoms with Gasteiger partial charge >= 0.3 is 12.0 Å². The van der Waals surface area contributed by atoms with E-state index < -0.39 is 5.97 Å². The van der Waals surface area contributed by atoms with Crippen molar-refractivity contribution in [3.8, 4) is 0 Å². The summed E-state index contributed by atoms with van der Waals surface area (Å²) < 4.78 is 0. The van der Waals surface area contributed by atoms with Gasteiger partial charge in [-0.1, -0.05) is 0 Å². The molecule has 1 rings (SSSR count). The number of imide groups is 1. The van der Waals surface area contributed by atoms with Crippen molar-refractivity contribution in [1.29, 1.82) is 0 Å². The Kier molecular flexibility index (Phi) is 5.79. The SMILES string of the molecule is CC(C1CC1)N(C)C(=O)NC(=O)CCCCC(=O)O. The van der Waals surface area contributed by atoms with E-state index >= 15 is 0 Å². The van der Waals surface area contributed by atoms with Crippen LogP contribution in [0.3, 0.4) is 0 Å². The van der Waals surface area contributed by atoms with Crippen LogP contribution in [0.15, 0.2) is 0 Å². The summed E-state index contributed by atoms with van der Waals surface area (Å²) in [5.41, 5.74) is 0. The van der Waals surface area contributed by atoms with Crippen molar-refractivity contribution >= 4 is 17.9 Å². The molecule has 6 nitrogen and oxygen atoms in total. The molecular weight excluding hydrogens is 248 g/mol. The van der Waals surface area contributed by atoms with Crippen LogP contribution in [0.1, 0.15) is 45.4 Å². The average molecular weight is 270 g/mol. The highest BCUT2D eigenvalue weighted by atomic mass is 16.4. The molecule has 6 heteroatoms. The van der Waals surface area contributed by atoms with Crippen molar-refractivity contribution < 1.29 is 19.5 Å². The number of aliphatic carboxylic acids is 1. The molecule has 0 saturated heterocycles. The number of nitrogens with zero attached hydrogens (tertiary/aromatic N) is 1. The van der Waals surface area contributed by atoms with Gasteiger partial charge in [-0.15, -0.1) is 0 Å². The maximum Gasteiger partial charge on any atom is 0.324 e. The van der Waals surface area contributed by atoms with Crippen molar-refractivity contribution in [1.82, 2.24) is 10.2 Å². The maximum atomic E-state index is 11.8. The Bertz CT molecular complexity index is 353. The first-order valence-corrected chi connectivity index (χ1v) is 6.70. The maximum absolute atomic E-state index is 11.8. The number of carboxylic acids is 1. The molecule has 0 aromatic heterocycles. The van der Waals surface area contributed by atoms with Gasteiger partial charge in [0, 0.05) is 25.9 Å². The Morgan fingerprint density at radius 3 is 2.37 bits per heavy atom. The standard InChI is InChI=1S/C13H22N2O4/c1-9(10-7-8-10)15(2)13(19)14-11(16)5-3-4-6-12(17)18/h9-10H,3-8H2,1-2H3,(H,17,18)(H,14,16,19). The quantitative estimate of drug-likeness (QED) is 0.688. The molecule has 3 amide bonds. The average Bonchev–Trinajstić information content (AvgIpc) is 3.16. The van der Waals surface area contributed by atoms with E-state index in [1.807, 2.05) is 6.92 Å². The Morgan fingerprint density at radius 1 is 1.26 bits per heavy atom. The zero-order chi connectivity index (χ0) is 14.4. The van der Waals surface area contributed by atoms with Crippen LogP contribution in [-0.4, -0.2) is 41.0 Å². The number of urea groups is 1. The van der Waals surface area contributed by atoms with Crippen molar-refractivity contribution in [2.24, 2.45) is 5.92 Å². The fourth-order valence-electron chi connectivity index (χ4n) is 1.91. The highest BCUT2D eigenvalue weighted by molar-refractivity contribution is 5.94. The second-order valence-electron chi connectivity index (χ2n) is 5.14. The van der Waals surface area contributed by atoms with Gasteiger partial charge in [-0.05, 0) is 38.5 Å². The molecule has 19 heavy (non-hydrogen) atoms. The second kappa shape index (κ2) is 7.11. The predicted octanol–water partition coefficient (Wildman–Crippen LogP) is 1.60. The van der Waals surface area contributed by atoms with Crippen LogP contribution in [0.5, 0.6) is 0 Å². The molecule has 0 aliphatic heterocycles. The van der Waals surface area contributed by atoms with E-state index in [0.717, 1.165) is 12.8 Å². The van der Waals surface area contributed by atoms with Gasteiger partial charge in [0.05, 0.1) is 0 Å². The first kappa shape index (κ1) is 15.5. The fourth-order valence-corrected chi connectivity index (χ4v) is 1.91. The molecule has 1 aliphatic rings. The summed E-state index contributed by atoms with van der Waals surface area (Å²) in [7, 11) is 1.69. The monoisotopic (exact) mass is 270 g/mol. The van der Waals surface area contributed by atoms with Crippen LogP contribution in [0.25, 0.3) is 0 Å². The number of hydrogen-bond acceptors (Lipinski definition) is 3. The van der Waals surface area contributed by atoms with Gasteiger partial charge < -0.3 is 10.0 Å². The number of carboxylic acid groups (broad SMARTS) is 1. The minimum absolute atomic E-state index is 0.0554. The van der Waals surface area contributed by atoms with Gasteiger partial charge in [0.15, 0.2) is 0 Å². The Balaban J connectivity index is 2.19. The molecule has 1 aliphatic carbocycles. The van der Waals surface area contributed by atoms with E-state index in [0.29, 0.717) is 18.8 Å². The topological polar surface area (TPSA) is 86.7 Å². The lowest BCUT2D eigenvalue weighted by atomic mass is 10.2. The van der Waals surface area contributed by atoms with Crippen LogP contribution in [-0.2, 0) is 9.59 Å². The van der Waals surface area contributed by atoms with Crippen LogP contribution < -0.4 is 5.32 Å². The molecule has 1 fully saturated rings. The third-order valence-corrected chi connectivity index (χ3v) is 3.53. The Morgan fingerprint density at radius 2 is 1.84 bits per heavy atom. The second-order valence-corrected chi connectivity index (χ2v) is 5.14. The van der Waals surface area contributed by atoms with E-state index in [2.05, 4.69) is 5.32 Å². The van der Waals surface area contributed by atoms with Gasteiger partial charge in [0.1, 0.15) is 0 Å². The summed E-state index contributed by atoms with van der Waals surface area (Å²) in [6.07, 6.45) is 3.45. The lowest BCUT2D eigenvalue weighted by molar-refractivity contribution is -0.137. The molecule has 1 unspecified atom stereocenters. The first-order valence-electron chi connectivity index (χ1n) is 6.70. The van der Waals surface area contributed by atoms with Crippen LogP contribution in [0, 0.1) is 5.92 Å². The van der Waals surface area contributed by atoms with Crippen molar-refractivity contribution in [3.63, 3.8) is 0 Å². The molecular formula is C13H22N2O4. The number of carbonyl (C=O) groups is 3. The number of amides is 3. The molecule has 1 saturated carbocycles. The Labute approximate surface area is 113 Å². The van der Waals surface area contributed by atoms with Crippen LogP contribution in [0.2, 0.25) is 0 Å². The fraction of sp³-hybridized carbons (Fsp3) is 0.769. The summed E-state index contributed by atoms with van der Waals surface area (Å²) in [5.74, 6) is -0.652. The smallest absolute Gasteiger partial charge is 0.324 e. The van der Waals surface area contributed by atoms with Gasteiger partial charge in [0.25, 0.3) is 0 Å². The van der Waals surface area contributed by atoms with E-state index in [4.69, 9.17) is 5.11 Å². The molecule has 108 valence electrons. The van der Waals surface area contributed by atoms with E-state index in [1.54, 1.807) is 11.9 Å². The summed E-state index contributed by atoms with van der Waals surface area (Å²) in [4.78, 5) is 35.1. The van der Waals surface area contributed by atoms with Gasteiger partial charge in [0.2, 0.25) is 5.91 Å². The molecule has 0 aromatic rings. The van der Waals surface area contributed by atoms with Crippen molar-refractivity contribution in [3.05, 3.63) is 0 Å². The van der Waals surface area contributed by atoms with Crippen LogP contribution in [0.4, 0.5) is 4.79 Å². The van der Waals surface area contributed by atoms with Gasteiger partial charge in [-0.3, -0.25) is 14.9 Å². The molecule has 0 aromatic carbocycles. The highest BCUT2D eigenvalue weighted by Gasteiger charge is 2.32. The lowest BCUT2D eigenvalue weighted by Crippen LogP contribution is -2.45. The summed E-state index contributed by atoms with van der Waals surface area (Å²) >= 11 is 0. The highest BCUT2D eigenvalue weighted by Crippen LogP contribution is 2.34. The normalized spacial score (nSPS) is 15.7. The predicted molar refractivity (Wildman–Crippen MR) is 69.6 cm³/mol. The third kappa shape index (κ3) is 5.72. The largest absolute Gasteiger partial charge is 0.481 e. The van der Waals surface area contributed by atoms with E-state index in [-0.39, 0.29) is 30.8 Å². The van der Waals surface area contributed by atoms with Crippen molar-refractivity contribution in [2.45, 2.75) is 51.5 Å². The lowest BCUT2D eigenvalue weighted by Gasteiger charge is -2.24.